The van der Waals surface area contributed by atoms with E-state index in [2.05, 4.69) is 5.32 Å². The van der Waals surface area contributed by atoms with Crippen LogP contribution >= 0.6 is 23.2 Å². The zero-order valence-electron chi connectivity index (χ0n) is 8.30. The maximum atomic E-state index is 5.99. The SMILES string of the molecule is Clc1cccc(Cl)c1OC[C@H]1CCCN1. The van der Waals surface area contributed by atoms with Crippen molar-refractivity contribution in [3.8, 4) is 5.75 Å². The molecule has 1 heterocycles. The molecule has 1 aliphatic heterocycles. The lowest BCUT2D eigenvalue weighted by molar-refractivity contribution is 0.277. The summed E-state index contributed by atoms with van der Waals surface area (Å²) in [5.41, 5.74) is 0. The summed E-state index contributed by atoms with van der Waals surface area (Å²) in [5, 5.41) is 4.49. The molecule has 1 fully saturated rings. The fourth-order valence-electron chi connectivity index (χ4n) is 1.70. The molecule has 1 saturated heterocycles. The average Bonchev–Trinajstić information content (AvgIpc) is 2.70. The van der Waals surface area contributed by atoms with E-state index in [0.29, 0.717) is 28.4 Å². The quantitative estimate of drug-likeness (QED) is 0.884. The molecule has 1 aliphatic rings. The van der Waals surface area contributed by atoms with Gasteiger partial charge in [-0.3, -0.25) is 0 Å². The summed E-state index contributed by atoms with van der Waals surface area (Å²) in [7, 11) is 0. The topological polar surface area (TPSA) is 21.3 Å². The lowest BCUT2D eigenvalue weighted by atomic mass is 10.2. The third-order valence-corrected chi connectivity index (χ3v) is 3.11. The summed E-state index contributed by atoms with van der Waals surface area (Å²) in [6.07, 6.45) is 2.37. The maximum absolute atomic E-state index is 5.99. The van der Waals surface area contributed by atoms with Gasteiger partial charge in [-0.25, -0.2) is 0 Å². The normalized spacial score (nSPS) is 20.5. The second-order valence-electron chi connectivity index (χ2n) is 3.66. The van der Waals surface area contributed by atoms with Gasteiger partial charge in [0.25, 0.3) is 0 Å². The highest BCUT2D eigenvalue weighted by Gasteiger charge is 2.16. The van der Waals surface area contributed by atoms with Crippen LogP contribution in [0.3, 0.4) is 0 Å². The molecular formula is C11H13Cl2NO. The minimum atomic E-state index is 0.428. The monoisotopic (exact) mass is 245 g/mol. The molecule has 0 spiro atoms. The molecule has 1 aromatic rings. The van der Waals surface area contributed by atoms with E-state index in [1.54, 1.807) is 12.1 Å². The van der Waals surface area contributed by atoms with Crippen LogP contribution in [0.15, 0.2) is 18.2 Å². The van der Waals surface area contributed by atoms with E-state index >= 15 is 0 Å². The molecule has 15 heavy (non-hydrogen) atoms. The van der Waals surface area contributed by atoms with Gasteiger partial charge in [-0.05, 0) is 31.5 Å². The number of hydrogen-bond donors (Lipinski definition) is 1. The van der Waals surface area contributed by atoms with Crippen molar-refractivity contribution in [1.29, 1.82) is 0 Å². The van der Waals surface area contributed by atoms with Crippen molar-refractivity contribution in [1.82, 2.24) is 5.32 Å². The molecule has 0 unspecified atom stereocenters. The Hall–Kier alpha value is -0.440. The van der Waals surface area contributed by atoms with E-state index in [1.165, 1.54) is 6.42 Å². The number of rotatable bonds is 3. The summed E-state index contributed by atoms with van der Waals surface area (Å²) >= 11 is 12.0. The van der Waals surface area contributed by atoms with E-state index in [-0.39, 0.29) is 0 Å². The van der Waals surface area contributed by atoms with Crippen LogP contribution in [0.1, 0.15) is 12.8 Å². The van der Waals surface area contributed by atoms with Crippen LogP contribution in [-0.2, 0) is 0 Å². The second-order valence-corrected chi connectivity index (χ2v) is 4.47. The molecule has 4 heteroatoms. The Labute approximate surface area is 99.5 Å². The van der Waals surface area contributed by atoms with Gasteiger partial charge in [-0.15, -0.1) is 0 Å². The third kappa shape index (κ3) is 2.77. The van der Waals surface area contributed by atoms with E-state index in [4.69, 9.17) is 27.9 Å². The van der Waals surface area contributed by atoms with E-state index in [9.17, 15) is 0 Å². The number of para-hydroxylation sites is 1. The van der Waals surface area contributed by atoms with Crippen molar-refractivity contribution in [2.45, 2.75) is 18.9 Å². The Morgan fingerprint density at radius 2 is 2.07 bits per heavy atom. The Bertz CT molecular complexity index is 317. The van der Waals surface area contributed by atoms with Gasteiger partial charge >= 0.3 is 0 Å². The first-order chi connectivity index (χ1) is 7.27. The summed E-state index contributed by atoms with van der Waals surface area (Å²) < 4.78 is 5.63. The van der Waals surface area contributed by atoms with Gasteiger partial charge in [0.1, 0.15) is 6.61 Å². The van der Waals surface area contributed by atoms with Crippen molar-refractivity contribution in [2.75, 3.05) is 13.2 Å². The molecule has 0 aliphatic carbocycles. The molecule has 0 saturated carbocycles. The lowest BCUT2D eigenvalue weighted by Gasteiger charge is -2.13. The molecule has 2 nitrogen and oxygen atoms in total. The fourth-order valence-corrected chi connectivity index (χ4v) is 2.21. The van der Waals surface area contributed by atoms with Crippen LogP contribution in [0.5, 0.6) is 5.75 Å². The van der Waals surface area contributed by atoms with Gasteiger partial charge in [-0.2, -0.15) is 0 Å². The number of ether oxygens (including phenoxy) is 1. The first kappa shape index (κ1) is 11.1. The average molecular weight is 246 g/mol. The lowest BCUT2D eigenvalue weighted by Crippen LogP contribution is -2.28. The fraction of sp³-hybridized carbons (Fsp3) is 0.455. The van der Waals surface area contributed by atoms with Gasteiger partial charge in [0, 0.05) is 6.04 Å². The van der Waals surface area contributed by atoms with Crippen molar-refractivity contribution in [2.24, 2.45) is 0 Å². The van der Waals surface area contributed by atoms with Crippen molar-refractivity contribution >= 4 is 23.2 Å². The molecule has 0 aromatic heterocycles. The number of hydrogen-bond acceptors (Lipinski definition) is 2. The van der Waals surface area contributed by atoms with Crippen molar-refractivity contribution < 1.29 is 4.74 Å². The number of benzene rings is 1. The predicted molar refractivity (Wildman–Crippen MR) is 63.0 cm³/mol. The van der Waals surface area contributed by atoms with Crippen LogP contribution in [0.25, 0.3) is 0 Å². The van der Waals surface area contributed by atoms with Crippen LogP contribution < -0.4 is 10.1 Å². The highest BCUT2D eigenvalue weighted by Crippen LogP contribution is 2.32. The first-order valence-electron chi connectivity index (χ1n) is 5.07. The Morgan fingerprint density at radius 1 is 1.33 bits per heavy atom. The van der Waals surface area contributed by atoms with Gasteiger partial charge in [0.2, 0.25) is 0 Å². The summed E-state index contributed by atoms with van der Waals surface area (Å²) in [6.45, 7) is 1.70. The smallest absolute Gasteiger partial charge is 0.156 e. The highest BCUT2D eigenvalue weighted by atomic mass is 35.5. The minimum absolute atomic E-state index is 0.428. The van der Waals surface area contributed by atoms with Crippen LogP contribution in [0.2, 0.25) is 10.0 Å². The summed E-state index contributed by atoms with van der Waals surface area (Å²) in [6, 6.07) is 5.80. The molecule has 82 valence electrons. The van der Waals surface area contributed by atoms with E-state index in [1.807, 2.05) is 6.07 Å². The Balaban J connectivity index is 1.97. The first-order valence-corrected chi connectivity index (χ1v) is 5.83. The molecule has 2 rings (SSSR count). The standard InChI is InChI=1S/C11H13Cl2NO/c12-9-4-1-5-10(13)11(9)15-7-8-3-2-6-14-8/h1,4-5,8,14H,2-3,6-7H2/t8-/m1/s1. The van der Waals surface area contributed by atoms with Gasteiger partial charge in [0.05, 0.1) is 10.0 Å². The highest BCUT2D eigenvalue weighted by molar-refractivity contribution is 6.37. The zero-order chi connectivity index (χ0) is 10.7. The maximum Gasteiger partial charge on any atom is 0.156 e. The van der Waals surface area contributed by atoms with Crippen molar-refractivity contribution in [3.05, 3.63) is 28.2 Å². The van der Waals surface area contributed by atoms with Crippen LogP contribution in [-0.4, -0.2) is 19.2 Å². The molecule has 1 atom stereocenters. The Morgan fingerprint density at radius 3 is 2.67 bits per heavy atom. The van der Waals surface area contributed by atoms with Crippen LogP contribution in [0.4, 0.5) is 0 Å². The number of nitrogens with one attached hydrogen (secondary N) is 1. The summed E-state index contributed by atoms with van der Waals surface area (Å²) in [5.74, 6) is 0.592. The Kier molecular flexibility index (Phi) is 3.73. The molecule has 0 amide bonds. The van der Waals surface area contributed by atoms with Gasteiger partial charge in [-0.1, -0.05) is 29.3 Å². The molecule has 1 N–H and O–H groups in total. The minimum Gasteiger partial charge on any atom is -0.489 e. The molecule has 0 bridgehead atoms. The molecule has 0 radical (unpaired) electrons. The second kappa shape index (κ2) is 5.06. The van der Waals surface area contributed by atoms with Gasteiger partial charge < -0.3 is 10.1 Å². The summed E-state index contributed by atoms with van der Waals surface area (Å²) in [4.78, 5) is 0. The zero-order valence-corrected chi connectivity index (χ0v) is 9.81. The number of halogens is 2. The van der Waals surface area contributed by atoms with Crippen LogP contribution in [0, 0.1) is 0 Å². The van der Waals surface area contributed by atoms with E-state index in [0.717, 1.165) is 13.0 Å². The predicted octanol–water partition coefficient (Wildman–Crippen LogP) is 3.12. The molecular weight excluding hydrogens is 233 g/mol. The largest absolute Gasteiger partial charge is 0.489 e. The third-order valence-electron chi connectivity index (χ3n) is 2.51. The van der Waals surface area contributed by atoms with Crippen molar-refractivity contribution in [3.63, 3.8) is 0 Å². The van der Waals surface area contributed by atoms with E-state index < -0.39 is 0 Å². The van der Waals surface area contributed by atoms with Gasteiger partial charge in [0.15, 0.2) is 5.75 Å². The molecule has 1 aromatic carbocycles.